The first kappa shape index (κ1) is 14.0. The summed E-state index contributed by atoms with van der Waals surface area (Å²) in [5.41, 5.74) is 1.63. The predicted octanol–water partition coefficient (Wildman–Crippen LogP) is 4.20. The number of aromatic nitrogens is 1. The highest BCUT2D eigenvalue weighted by atomic mass is 79.9. The summed E-state index contributed by atoms with van der Waals surface area (Å²) in [6, 6.07) is 5.58. The maximum absolute atomic E-state index is 12.9. The third-order valence-electron chi connectivity index (χ3n) is 2.45. The van der Waals surface area contributed by atoms with E-state index in [1.807, 2.05) is 0 Å². The number of nitrogens with zero attached hydrogens (tertiary/aromatic N) is 1. The van der Waals surface area contributed by atoms with Crippen LogP contribution in [0.25, 0.3) is 0 Å². The minimum Gasteiger partial charge on any atom is -0.321 e. The molecule has 0 aliphatic rings. The minimum atomic E-state index is -0.410. The number of nitrogens with one attached hydrogen (secondary N) is 1. The van der Waals surface area contributed by atoms with Crippen molar-refractivity contribution in [1.29, 1.82) is 0 Å². The predicted molar refractivity (Wildman–Crippen MR) is 76.0 cm³/mol. The van der Waals surface area contributed by atoms with Crippen molar-refractivity contribution in [2.24, 2.45) is 0 Å². The van der Waals surface area contributed by atoms with E-state index in [9.17, 15) is 9.18 Å². The maximum atomic E-state index is 12.9. The number of carbonyl (C=O) groups is 1. The lowest BCUT2D eigenvalue weighted by atomic mass is 10.2. The number of anilines is 1. The summed E-state index contributed by atoms with van der Waals surface area (Å²) in [6.45, 7) is 1.79. The Hall–Kier alpha value is -1.46. The molecule has 0 bridgehead atoms. The number of hydrogen-bond donors (Lipinski definition) is 1. The molecule has 6 heteroatoms. The Morgan fingerprint density at radius 1 is 1.42 bits per heavy atom. The van der Waals surface area contributed by atoms with Gasteiger partial charge in [-0.15, -0.1) is 0 Å². The molecule has 19 heavy (non-hydrogen) atoms. The fourth-order valence-corrected chi connectivity index (χ4v) is 2.13. The van der Waals surface area contributed by atoms with Crippen LogP contribution in [0, 0.1) is 12.7 Å². The number of pyridine rings is 1. The van der Waals surface area contributed by atoms with Crippen LogP contribution < -0.4 is 5.32 Å². The van der Waals surface area contributed by atoms with E-state index in [2.05, 4.69) is 26.2 Å². The van der Waals surface area contributed by atoms with Gasteiger partial charge in [-0.1, -0.05) is 11.6 Å². The number of rotatable bonds is 2. The van der Waals surface area contributed by atoms with Crippen LogP contribution in [0.15, 0.2) is 34.9 Å². The van der Waals surface area contributed by atoms with E-state index in [4.69, 9.17) is 11.6 Å². The van der Waals surface area contributed by atoms with Crippen molar-refractivity contribution in [1.82, 2.24) is 4.98 Å². The molecule has 1 aromatic heterocycles. The van der Waals surface area contributed by atoms with Gasteiger partial charge in [-0.2, -0.15) is 0 Å². The smallest absolute Gasteiger partial charge is 0.256 e. The average molecular weight is 344 g/mol. The van der Waals surface area contributed by atoms with Crippen LogP contribution in [0.3, 0.4) is 0 Å². The Morgan fingerprint density at radius 3 is 2.79 bits per heavy atom. The summed E-state index contributed by atoms with van der Waals surface area (Å²) in [7, 11) is 0. The van der Waals surface area contributed by atoms with Gasteiger partial charge in [0.2, 0.25) is 0 Å². The van der Waals surface area contributed by atoms with Crippen molar-refractivity contribution in [3.8, 4) is 0 Å². The van der Waals surface area contributed by atoms with Gasteiger partial charge in [0.1, 0.15) is 11.0 Å². The first-order valence-electron chi connectivity index (χ1n) is 5.36. The third kappa shape index (κ3) is 3.30. The van der Waals surface area contributed by atoms with Gasteiger partial charge in [-0.25, -0.2) is 9.37 Å². The molecule has 3 nitrogen and oxygen atoms in total. The first-order valence-corrected chi connectivity index (χ1v) is 6.53. The molecule has 0 fully saturated rings. The van der Waals surface area contributed by atoms with E-state index in [-0.39, 0.29) is 5.91 Å². The van der Waals surface area contributed by atoms with Crippen LogP contribution in [0.5, 0.6) is 0 Å². The lowest BCUT2D eigenvalue weighted by molar-refractivity contribution is 0.102. The summed E-state index contributed by atoms with van der Waals surface area (Å²) < 4.78 is 13.3. The van der Waals surface area contributed by atoms with Crippen LogP contribution in [-0.2, 0) is 0 Å². The molecule has 0 saturated carbocycles. The van der Waals surface area contributed by atoms with E-state index in [0.29, 0.717) is 20.9 Å². The molecule has 0 aliphatic heterocycles. The largest absolute Gasteiger partial charge is 0.321 e. The highest BCUT2D eigenvalue weighted by Gasteiger charge is 2.11. The summed E-state index contributed by atoms with van der Waals surface area (Å²) in [5.74, 6) is -0.761. The summed E-state index contributed by atoms with van der Waals surface area (Å²) >= 11 is 8.95. The van der Waals surface area contributed by atoms with Gasteiger partial charge >= 0.3 is 0 Å². The topological polar surface area (TPSA) is 42.0 Å². The fourth-order valence-electron chi connectivity index (χ4n) is 1.50. The zero-order valence-corrected chi connectivity index (χ0v) is 12.2. The van der Waals surface area contributed by atoms with Crippen molar-refractivity contribution in [2.75, 3.05) is 5.32 Å². The number of benzene rings is 1. The Bertz CT molecular complexity index is 649. The molecule has 98 valence electrons. The van der Waals surface area contributed by atoms with Crippen LogP contribution in [0.1, 0.15) is 15.9 Å². The molecule has 2 rings (SSSR count). The van der Waals surface area contributed by atoms with Gasteiger partial charge in [0.25, 0.3) is 5.91 Å². The van der Waals surface area contributed by atoms with Gasteiger partial charge in [0.05, 0.1) is 17.4 Å². The van der Waals surface area contributed by atoms with Crippen LogP contribution >= 0.6 is 27.5 Å². The number of hydrogen-bond acceptors (Lipinski definition) is 2. The van der Waals surface area contributed by atoms with E-state index in [1.165, 1.54) is 24.4 Å². The van der Waals surface area contributed by atoms with Crippen LogP contribution in [-0.4, -0.2) is 10.9 Å². The summed E-state index contributed by atoms with van der Waals surface area (Å²) in [5, 5.41) is 3.06. The lowest BCUT2D eigenvalue weighted by Crippen LogP contribution is -2.13. The molecular formula is C13H9BrClFN2O. The molecule has 0 spiro atoms. The first-order chi connectivity index (χ1) is 8.97. The van der Waals surface area contributed by atoms with Gasteiger partial charge in [0.15, 0.2) is 0 Å². The van der Waals surface area contributed by atoms with E-state index in [1.54, 1.807) is 13.0 Å². The molecule has 2 aromatic rings. The molecule has 0 aliphatic carbocycles. The Labute approximate surface area is 122 Å². The van der Waals surface area contributed by atoms with E-state index >= 15 is 0 Å². The second-order valence-corrected chi connectivity index (χ2v) is 5.12. The van der Waals surface area contributed by atoms with Crippen LogP contribution in [0.2, 0.25) is 5.15 Å². The zero-order chi connectivity index (χ0) is 14.0. The number of amides is 1. The van der Waals surface area contributed by atoms with Crippen LogP contribution in [0.4, 0.5) is 10.1 Å². The number of aryl methyl sites for hydroxylation is 1. The number of halogens is 3. The molecule has 1 N–H and O–H groups in total. The Kier molecular flexibility index (Phi) is 4.17. The highest BCUT2D eigenvalue weighted by Crippen LogP contribution is 2.21. The summed E-state index contributed by atoms with van der Waals surface area (Å²) in [6.07, 6.45) is 1.46. The fraction of sp³-hybridized carbons (Fsp3) is 0.0769. The van der Waals surface area contributed by atoms with Gasteiger partial charge in [0, 0.05) is 4.47 Å². The third-order valence-corrected chi connectivity index (χ3v) is 3.50. The standard InChI is InChI=1S/C13H9BrClFN2O/c1-7-4-9(6-17-12(7)15)18-13(19)10-3-2-8(16)5-11(10)14/h2-6H,1H3,(H,18,19). The molecule has 1 amide bonds. The monoisotopic (exact) mass is 342 g/mol. The number of carbonyl (C=O) groups excluding carboxylic acids is 1. The molecule has 0 atom stereocenters. The van der Waals surface area contributed by atoms with Crippen molar-refractivity contribution in [3.63, 3.8) is 0 Å². The van der Waals surface area contributed by atoms with Gasteiger partial charge in [-0.05, 0) is 52.7 Å². The molecule has 0 radical (unpaired) electrons. The zero-order valence-electron chi connectivity index (χ0n) is 9.88. The second kappa shape index (κ2) is 5.67. The normalized spacial score (nSPS) is 10.3. The van der Waals surface area contributed by atoms with Crippen molar-refractivity contribution < 1.29 is 9.18 Å². The van der Waals surface area contributed by atoms with Crippen molar-refractivity contribution in [3.05, 3.63) is 57.0 Å². The Balaban J connectivity index is 2.23. The SMILES string of the molecule is Cc1cc(NC(=O)c2ccc(F)cc2Br)cnc1Cl. The second-order valence-electron chi connectivity index (χ2n) is 3.91. The van der Waals surface area contributed by atoms with E-state index < -0.39 is 5.82 Å². The molecule has 1 aromatic carbocycles. The molecule has 0 saturated heterocycles. The molecule has 1 heterocycles. The Morgan fingerprint density at radius 2 is 2.16 bits per heavy atom. The minimum absolute atomic E-state index is 0.342. The lowest BCUT2D eigenvalue weighted by Gasteiger charge is -2.07. The summed E-state index contributed by atoms with van der Waals surface area (Å²) in [4.78, 5) is 16.0. The van der Waals surface area contributed by atoms with Gasteiger partial charge in [-0.3, -0.25) is 4.79 Å². The quantitative estimate of drug-likeness (QED) is 0.831. The van der Waals surface area contributed by atoms with Crippen molar-refractivity contribution in [2.45, 2.75) is 6.92 Å². The average Bonchev–Trinajstić information content (AvgIpc) is 2.33. The molecule has 0 unspecified atom stereocenters. The van der Waals surface area contributed by atoms with Crippen molar-refractivity contribution >= 4 is 39.1 Å². The maximum Gasteiger partial charge on any atom is 0.256 e. The van der Waals surface area contributed by atoms with Gasteiger partial charge < -0.3 is 5.32 Å². The van der Waals surface area contributed by atoms with E-state index in [0.717, 1.165) is 5.56 Å². The molecular weight excluding hydrogens is 335 g/mol. The highest BCUT2D eigenvalue weighted by molar-refractivity contribution is 9.10.